The summed E-state index contributed by atoms with van der Waals surface area (Å²) >= 11 is 0. The van der Waals surface area contributed by atoms with Crippen molar-refractivity contribution < 1.29 is 5.16 Å². The van der Waals surface area contributed by atoms with Gasteiger partial charge in [-0.3, -0.25) is 0 Å². The molecule has 0 unspecified atom stereocenters. The van der Waals surface area contributed by atoms with E-state index in [0.717, 1.165) is 12.8 Å². The quantitative estimate of drug-likeness (QED) is 0.235. The molecule has 0 saturated carbocycles. The second kappa shape index (κ2) is 9.03. The van der Waals surface area contributed by atoms with Gasteiger partial charge in [0.2, 0.25) is 0 Å². The number of nitrogens with one attached hydrogen (secondary N) is 1. The van der Waals surface area contributed by atoms with Gasteiger partial charge >= 0.3 is 0 Å². The number of hydrogen-bond donors (Lipinski definition) is 1. The molecule has 0 saturated heterocycles. The maximum Gasteiger partial charge on any atom is 0.136 e. The highest BCUT2D eigenvalue weighted by Gasteiger charge is 1.89. The third-order valence-corrected chi connectivity index (χ3v) is 1.48. The molecule has 1 rings (SSSR count). The average molecular weight is 153 g/mol. The van der Waals surface area contributed by atoms with Gasteiger partial charge in [0.25, 0.3) is 0 Å². The minimum absolute atomic E-state index is 1.14. The third kappa shape index (κ3) is 9.03. The summed E-state index contributed by atoms with van der Waals surface area (Å²) in [5, 5.41) is 9.82. The SMILES string of the molecule is C1#CCCCCCC1.C=[NH+][O-]. The molecule has 0 radical (unpaired) electrons. The van der Waals surface area contributed by atoms with E-state index >= 15 is 0 Å². The summed E-state index contributed by atoms with van der Waals surface area (Å²) in [6, 6.07) is 0. The second-order valence-electron chi connectivity index (χ2n) is 2.41. The van der Waals surface area contributed by atoms with Gasteiger partial charge < -0.3 is 5.21 Å². The Balaban J connectivity index is 0.000000292. The number of hydrogen-bond acceptors (Lipinski definition) is 1. The predicted octanol–water partition coefficient (Wildman–Crippen LogP) is 0.609. The lowest BCUT2D eigenvalue weighted by atomic mass is 10.1. The van der Waals surface area contributed by atoms with Crippen molar-refractivity contribution in [3.05, 3.63) is 5.21 Å². The van der Waals surface area contributed by atoms with Gasteiger partial charge in [-0.15, -0.1) is 11.8 Å². The van der Waals surface area contributed by atoms with E-state index in [4.69, 9.17) is 5.21 Å². The van der Waals surface area contributed by atoms with E-state index in [1.165, 1.54) is 30.8 Å². The molecule has 62 valence electrons. The fourth-order valence-corrected chi connectivity index (χ4v) is 0.957. The molecule has 0 aromatic rings. The van der Waals surface area contributed by atoms with Gasteiger partial charge in [-0.25, -0.2) is 5.16 Å². The van der Waals surface area contributed by atoms with E-state index in [9.17, 15) is 0 Å². The molecule has 2 heteroatoms. The molecule has 2 nitrogen and oxygen atoms in total. The molecule has 0 fully saturated rings. The normalized spacial score (nSPS) is 15.6. The topological polar surface area (TPSA) is 37.0 Å². The highest BCUT2D eigenvalue weighted by atomic mass is 16.4. The van der Waals surface area contributed by atoms with Crippen LogP contribution in [0, 0.1) is 17.0 Å². The molecule has 0 spiro atoms. The molecule has 1 aliphatic rings. The first-order valence-electron chi connectivity index (χ1n) is 4.01. The van der Waals surface area contributed by atoms with Gasteiger partial charge in [0.1, 0.15) is 6.72 Å². The molecule has 1 aliphatic carbocycles. The third-order valence-electron chi connectivity index (χ3n) is 1.48. The molecule has 0 bridgehead atoms. The fourth-order valence-electron chi connectivity index (χ4n) is 0.957. The van der Waals surface area contributed by atoms with Crippen molar-refractivity contribution in [2.24, 2.45) is 0 Å². The summed E-state index contributed by atoms with van der Waals surface area (Å²) in [4.78, 5) is 0. The van der Waals surface area contributed by atoms with Crippen molar-refractivity contribution >= 4 is 6.72 Å². The van der Waals surface area contributed by atoms with Crippen molar-refractivity contribution in [1.29, 1.82) is 0 Å². The summed E-state index contributed by atoms with van der Waals surface area (Å²) < 4.78 is 0. The Bertz CT molecular complexity index is 131. The fraction of sp³-hybridized carbons (Fsp3) is 0.667. The smallest absolute Gasteiger partial charge is 0.136 e. The van der Waals surface area contributed by atoms with Crippen molar-refractivity contribution in [2.45, 2.75) is 38.5 Å². The maximum absolute atomic E-state index is 8.57. The van der Waals surface area contributed by atoms with Crippen LogP contribution in [0.15, 0.2) is 0 Å². The maximum atomic E-state index is 8.57. The van der Waals surface area contributed by atoms with E-state index < -0.39 is 0 Å². The summed E-state index contributed by atoms with van der Waals surface area (Å²) in [5.41, 5.74) is 0. The Morgan fingerprint density at radius 3 is 1.73 bits per heavy atom. The van der Waals surface area contributed by atoms with E-state index in [1.807, 2.05) is 0 Å². The molecule has 0 atom stereocenters. The zero-order valence-electron chi connectivity index (χ0n) is 6.86. The first-order valence-corrected chi connectivity index (χ1v) is 4.01. The Hall–Kier alpha value is -0.970. The van der Waals surface area contributed by atoms with Crippen molar-refractivity contribution in [3.8, 4) is 11.8 Å². The summed E-state index contributed by atoms with van der Waals surface area (Å²) in [5.74, 6) is 6.27. The highest BCUT2D eigenvalue weighted by molar-refractivity contribution is 5.12. The molecule has 0 amide bonds. The first kappa shape index (κ1) is 10.0. The van der Waals surface area contributed by atoms with Crippen molar-refractivity contribution in [2.75, 3.05) is 0 Å². The minimum atomic E-state index is 1.14. The van der Waals surface area contributed by atoms with Crippen LogP contribution in [0.2, 0.25) is 0 Å². The zero-order chi connectivity index (χ0) is 8.36. The molecular formula is C9H15NO. The zero-order valence-corrected chi connectivity index (χ0v) is 6.86. The Morgan fingerprint density at radius 1 is 1.00 bits per heavy atom. The molecule has 1 N–H and O–H groups in total. The van der Waals surface area contributed by atoms with Crippen LogP contribution in [0.25, 0.3) is 0 Å². The molecule has 11 heavy (non-hydrogen) atoms. The van der Waals surface area contributed by atoms with E-state index in [2.05, 4.69) is 18.6 Å². The van der Waals surface area contributed by atoms with Crippen LogP contribution in [-0.4, -0.2) is 6.72 Å². The monoisotopic (exact) mass is 153 g/mol. The molecule has 0 aromatic carbocycles. The standard InChI is InChI=1S/C8H12.CH3NO/c1-2-4-6-8-7-5-3-1;1-2-3/h1-6H2;2H,1H2. The minimum Gasteiger partial charge on any atom is -0.626 e. The molecule has 0 heterocycles. The Morgan fingerprint density at radius 2 is 1.36 bits per heavy atom. The Kier molecular flexibility index (Phi) is 8.23. The summed E-state index contributed by atoms with van der Waals surface area (Å²) in [6.45, 7) is 2.68. The van der Waals surface area contributed by atoms with Gasteiger partial charge in [0.15, 0.2) is 0 Å². The molecule has 0 aliphatic heterocycles. The Labute approximate surface area is 68.3 Å². The lowest BCUT2D eigenvalue weighted by Crippen LogP contribution is -2.56. The van der Waals surface area contributed by atoms with Crippen LogP contribution in [0.3, 0.4) is 0 Å². The predicted molar refractivity (Wildman–Crippen MR) is 46.9 cm³/mol. The lowest BCUT2D eigenvalue weighted by molar-refractivity contribution is -0.361. The largest absolute Gasteiger partial charge is 0.626 e. The van der Waals surface area contributed by atoms with Gasteiger partial charge in [0.05, 0.1) is 0 Å². The first-order chi connectivity index (χ1) is 5.41. The highest BCUT2D eigenvalue weighted by Crippen LogP contribution is 2.06. The molecular weight excluding hydrogens is 138 g/mol. The second-order valence-corrected chi connectivity index (χ2v) is 2.41. The van der Waals surface area contributed by atoms with Crippen LogP contribution in [0.4, 0.5) is 0 Å². The van der Waals surface area contributed by atoms with Gasteiger partial charge in [-0.2, -0.15) is 0 Å². The van der Waals surface area contributed by atoms with E-state index in [-0.39, 0.29) is 0 Å². The van der Waals surface area contributed by atoms with Crippen molar-refractivity contribution in [1.82, 2.24) is 0 Å². The van der Waals surface area contributed by atoms with Crippen LogP contribution in [0.5, 0.6) is 0 Å². The average Bonchev–Trinajstić information content (AvgIpc) is 1.86. The van der Waals surface area contributed by atoms with Crippen LogP contribution in [-0.2, 0) is 0 Å². The lowest BCUT2D eigenvalue weighted by Gasteiger charge is -1.97. The van der Waals surface area contributed by atoms with Gasteiger partial charge in [-0.1, -0.05) is 12.8 Å². The van der Waals surface area contributed by atoms with E-state index in [0.29, 0.717) is 0 Å². The van der Waals surface area contributed by atoms with Gasteiger partial charge in [0, 0.05) is 12.8 Å². The van der Waals surface area contributed by atoms with Crippen molar-refractivity contribution in [3.63, 3.8) is 0 Å². The summed E-state index contributed by atoms with van der Waals surface area (Å²) in [7, 11) is 0. The van der Waals surface area contributed by atoms with Gasteiger partial charge in [-0.05, 0) is 12.8 Å². The summed E-state index contributed by atoms with van der Waals surface area (Å²) in [6.07, 6.45) is 7.73. The van der Waals surface area contributed by atoms with Crippen LogP contribution in [0.1, 0.15) is 38.5 Å². The molecule has 0 aromatic heterocycles. The number of rotatable bonds is 0. The van der Waals surface area contributed by atoms with E-state index in [1.54, 1.807) is 0 Å². The van der Waals surface area contributed by atoms with Crippen LogP contribution >= 0.6 is 0 Å². The van der Waals surface area contributed by atoms with Crippen LogP contribution < -0.4 is 5.16 Å².